The number of halogens is 1. The summed E-state index contributed by atoms with van der Waals surface area (Å²) in [5, 5.41) is 14.0. The number of rotatable bonds is 4. The van der Waals surface area contributed by atoms with E-state index < -0.39 is 6.10 Å². The van der Waals surface area contributed by atoms with Gasteiger partial charge >= 0.3 is 0 Å². The zero-order valence-electron chi connectivity index (χ0n) is 11.6. The third kappa shape index (κ3) is 4.02. The van der Waals surface area contributed by atoms with Crippen LogP contribution in [0.25, 0.3) is 0 Å². The molecule has 3 heteroatoms. The van der Waals surface area contributed by atoms with Gasteiger partial charge in [0.2, 0.25) is 0 Å². The molecule has 0 aliphatic carbocycles. The van der Waals surface area contributed by atoms with Crippen molar-refractivity contribution in [2.75, 3.05) is 0 Å². The van der Waals surface area contributed by atoms with Gasteiger partial charge in [0.25, 0.3) is 0 Å². The van der Waals surface area contributed by atoms with Crippen LogP contribution in [-0.2, 0) is 0 Å². The molecule has 1 aliphatic heterocycles. The van der Waals surface area contributed by atoms with Gasteiger partial charge in [-0.3, -0.25) is 0 Å². The molecule has 3 atom stereocenters. The van der Waals surface area contributed by atoms with E-state index in [0.717, 1.165) is 25.7 Å². The van der Waals surface area contributed by atoms with Crippen molar-refractivity contribution in [2.45, 2.75) is 63.6 Å². The van der Waals surface area contributed by atoms with Gasteiger partial charge in [-0.25, -0.2) is 4.39 Å². The number of benzene rings is 1. The molecule has 0 radical (unpaired) electrons. The minimum atomic E-state index is -0.617. The van der Waals surface area contributed by atoms with Crippen LogP contribution >= 0.6 is 0 Å². The summed E-state index contributed by atoms with van der Waals surface area (Å²) in [5.41, 5.74) is 0.676. The summed E-state index contributed by atoms with van der Waals surface area (Å²) < 4.78 is 13.2. The number of aliphatic hydroxyl groups excluding tert-OH is 1. The summed E-state index contributed by atoms with van der Waals surface area (Å²) in [6.45, 7) is 2.19. The molecule has 0 saturated carbocycles. The van der Waals surface area contributed by atoms with Crippen LogP contribution in [0.4, 0.5) is 4.39 Å². The summed E-state index contributed by atoms with van der Waals surface area (Å²) >= 11 is 0. The minimum absolute atomic E-state index is 0.0425. The molecule has 0 amide bonds. The fourth-order valence-corrected chi connectivity index (χ4v) is 2.97. The maximum Gasteiger partial charge on any atom is 0.123 e. The minimum Gasteiger partial charge on any atom is -0.387 e. The molecular weight excluding hydrogens is 241 g/mol. The Morgan fingerprint density at radius 1 is 1.37 bits per heavy atom. The Labute approximate surface area is 115 Å². The van der Waals surface area contributed by atoms with Gasteiger partial charge in [-0.05, 0) is 37.0 Å². The van der Waals surface area contributed by atoms with E-state index in [1.54, 1.807) is 12.1 Å². The quantitative estimate of drug-likeness (QED) is 0.872. The fourth-order valence-electron chi connectivity index (χ4n) is 2.97. The molecule has 0 aromatic heterocycles. The second-order valence-corrected chi connectivity index (χ2v) is 5.54. The van der Waals surface area contributed by atoms with E-state index >= 15 is 0 Å². The van der Waals surface area contributed by atoms with Gasteiger partial charge in [0.05, 0.1) is 6.10 Å². The van der Waals surface area contributed by atoms with Crippen molar-refractivity contribution in [1.29, 1.82) is 0 Å². The molecule has 1 aliphatic rings. The number of hydrogen-bond donors (Lipinski definition) is 2. The van der Waals surface area contributed by atoms with Crippen LogP contribution in [0.3, 0.4) is 0 Å². The molecule has 1 fully saturated rings. The van der Waals surface area contributed by atoms with Crippen LogP contribution in [0, 0.1) is 5.82 Å². The topological polar surface area (TPSA) is 32.3 Å². The van der Waals surface area contributed by atoms with Gasteiger partial charge in [0.1, 0.15) is 5.82 Å². The molecule has 1 saturated heterocycles. The Morgan fingerprint density at radius 2 is 2.16 bits per heavy atom. The zero-order chi connectivity index (χ0) is 13.7. The van der Waals surface area contributed by atoms with Gasteiger partial charge in [-0.1, -0.05) is 38.3 Å². The van der Waals surface area contributed by atoms with E-state index in [-0.39, 0.29) is 11.9 Å². The van der Waals surface area contributed by atoms with Crippen molar-refractivity contribution in [3.05, 3.63) is 35.6 Å². The van der Waals surface area contributed by atoms with Crippen molar-refractivity contribution in [2.24, 2.45) is 0 Å². The average Bonchev–Trinajstić information content (AvgIpc) is 2.64. The first-order chi connectivity index (χ1) is 9.20. The van der Waals surface area contributed by atoms with Crippen molar-refractivity contribution < 1.29 is 9.50 Å². The normalized spacial score (nSPS) is 25.8. The molecule has 2 N–H and O–H groups in total. The molecule has 19 heavy (non-hydrogen) atoms. The second kappa shape index (κ2) is 7.01. The van der Waals surface area contributed by atoms with Gasteiger partial charge in [0.15, 0.2) is 0 Å². The van der Waals surface area contributed by atoms with Crippen LogP contribution in [0.1, 0.15) is 57.1 Å². The smallest absolute Gasteiger partial charge is 0.123 e. The van der Waals surface area contributed by atoms with E-state index in [2.05, 4.69) is 12.2 Å². The summed E-state index contributed by atoms with van der Waals surface area (Å²) in [4.78, 5) is 0. The first kappa shape index (κ1) is 14.5. The summed E-state index contributed by atoms with van der Waals surface area (Å²) in [6, 6.07) is 6.84. The number of nitrogens with one attached hydrogen (secondary N) is 1. The fraction of sp³-hybridized carbons (Fsp3) is 0.625. The van der Waals surface area contributed by atoms with Gasteiger partial charge in [-0.2, -0.15) is 0 Å². The molecule has 2 rings (SSSR count). The number of aliphatic hydroxyl groups is 1. The lowest BCUT2D eigenvalue weighted by Gasteiger charge is -2.27. The van der Waals surface area contributed by atoms with Crippen molar-refractivity contribution >= 4 is 0 Å². The van der Waals surface area contributed by atoms with Gasteiger partial charge in [-0.15, -0.1) is 0 Å². The summed E-state index contributed by atoms with van der Waals surface area (Å²) in [5.74, 6) is -0.282. The number of hydrogen-bond acceptors (Lipinski definition) is 2. The highest BCUT2D eigenvalue weighted by molar-refractivity contribution is 5.20. The van der Waals surface area contributed by atoms with Gasteiger partial charge in [0, 0.05) is 12.1 Å². The lowest BCUT2D eigenvalue weighted by atomic mass is 9.98. The van der Waals surface area contributed by atoms with E-state index in [1.807, 2.05) is 0 Å². The molecule has 0 unspecified atom stereocenters. The Kier molecular flexibility index (Phi) is 5.34. The highest BCUT2D eigenvalue weighted by atomic mass is 19.1. The largest absolute Gasteiger partial charge is 0.387 e. The van der Waals surface area contributed by atoms with Crippen LogP contribution in [0.5, 0.6) is 0 Å². The van der Waals surface area contributed by atoms with Crippen LogP contribution in [0.2, 0.25) is 0 Å². The predicted molar refractivity (Wildman–Crippen MR) is 75.4 cm³/mol. The summed E-state index contributed by atoms with van der Waals surface area (Å²) in [6.07, 6.45) is 6.16. The highest BCUT2D eigenvalue weighted by Crippen LogP contribution is 2.25. The Bertz CT molecular complexity index is 396. The molecule has 1 aromatic rings. The monoisotopic (exact) mass is 265 g/mol. The van der Waals surface area contributed by atoms with Crippen molar-refractivity contribution in [1.82, 2.24) is 5.32 Å². The Morgan fingerprint density at radius 3 is 2.89 bits per heavy atom. The van der Waals surface area contributed by atoms with Crippen molar-refractivity contribution in [3.8, 4) is 0 Å². The molecule has 106 valence electrons. The maximum atomic E-state index is 13.2. The van der Waals surface area contributed by atoms with E-state index in [9.17, 15) is 9.50 Å². The molecule has 2 nitrogen and oxygen atoms in total. The molecule has 0 spiro atoms. The third-order valence-electron chi connectivity index (χ3n) is 3.98. The Hall–Kier alpha value is -0.930. The lowest BCUT2D eigenvalue weighted by Crippen LogP contribution is -2.40. The SMILES string of the molecule is CCC[C@H]1CCCC[C@@H]([C@@H](O)c2cccc(F)c2)N1. The van der Waals surface area contributed by atoms with E-state index in [1.165, 1.54) is 25.0 Å². The van der Waals surface area contributed by atoms with Crippen LogP contribution in [0.15, 0.2) is 24.3 Å². The molecular formula is C16H24FNO. The standard InChI is InChI=1S/C16H24FNO/c1-2-6-14-9-3-4-10-15(18-14)16(19)12-7-5-8-13(17)11-12/h5,7-8,11,14-16,18-19H,2-4,6,9-10H2,1H3/t14-,15-,16-/m0/s1. The maximum absolute atomic E-state index is 13.2. The average molecular weight is 265 g/mol. The second-order valence-electron chi connectivity index (χ2n) is 5.54. The summed E-state index contributed by atoms with van der Waals surface area (Å²) in [7, 11) is 0. The molecule has 1 aromatic carbocycles. The zero-order valence-corrected chi connectivity index (χ0v) is 11.6. The van der Waals surface area contributed by atoms with Crippen LogP contribution < -0.4 is 5.32 Å². The predicted octanol–water partition coefficient (Wildman–Crippen LogP) is 3.56. The van der Waals surface area contributed by atoms with E-state index in [4.69, 9.17) is 0 Å². The van der Waals surface area contributed by atoms with E-state index in [0.29, 0.717) is 11.6 Å². The van der Waals surface area contributed by atoms with Gasteiger partial charge < -0.3 is 10.4 Å². The Balaban J connectivity index is 2.06. The molecule has 1 heterocycles. The van der Waals surface area contributed by atoms with Crippen LogP contribution in [-0.4, -0.2) is 17.2 Å². The lowest BCUT2D eigenvalue weighted by molar-refractivity contribution is 0.119. The highest BCUT2D eigenvalue weighted by Gasteiger charge is 2.25. The first-order valence-corrected chi connectivity index (χ1v) is 7.40. The first-order valence-electron chi connectivity index (χ1n) is 7.40. The third-order valence-corrected chi connectivity index (χ3v) is 3.98. The molecule has 0 bridgehead atoms. The van der Waals surface area contributed by atoms with Crippen molar-refractivity contribution in [3.63, 3.8) is 0 Å².